The number of carbonyl (C=O) groups excluding carboxylic acids is 1. The number of rotatable bonds is 3. The molecule has 3 heterocycles. The van der Waals surface area contributed by atoms with Crippen LogP contribution in [-0.4, -0.2) is 25.8 Å². The summed E-state index contributed by atoms with van der Waals surface area (Å²) >= 11 is 6.09. The van der Waals surface area contributed by atoms with Gasteiger partial charge in [0.1, 0.15) is 11.0 Å². The number of benzene rings is 2. The van der Waals surface area contributed by atoms with Gasteiger partial charge in [-0.25, -0.2) is 9.97 Å². The van der Waals surface area contributed by atoms with E-state index in [-0.39, 0.29) is 11.9 Å². The zero-order chi connectivity index (χ0) is 22.5. The van der Waals surface area contributed by atoms with E-state index in [0.29, 0.717) is 16.4 Å². The number of fused-ring (bicyclic) bond motifs is 4. The number of amides is 1. The molecule has 0 fully saturated rings. The number of nitrogens with one attached hydrogen (secondary N) is 2. The first-order valence-corrected chi connectivity index (χ1v) is 10.9. The molecule has 6 rings (SSSR count). The number of aromatic amines is 1. The highest BCUT2D eigenvalue weighted by Gasteiger charge is 2.32. The Morgan fingerprint density at radius 1 is 1.00 bits per heavy atom. The van der Waals surface area contributed by atoms with Crippen LogP contribution in [0.1, 0.15) is 33.2 Å². The molecule has 0 aliphatic heterocycles. The highest BCUT2D eigenvalue weighted by atomic mass is 35.5. The summed E-state index contributed by atoms with van der Waals surface area (Å²) in [6.07, 6.45) is 3.50. The zero-order valence-electron chi connectivity index (χ0n) is 17.6. The maximum Gasteiger partial charge on any atom is 0.252 e. The van der Waals surface area contributed by atoms with E-state index in [2.05, 4.69) is 44.5 Å². The molecule has 0 saturated heterocycles. The van der Waals surface area contributed by atoms with E-state index >= 15 is 0 Å². The molecule has 1 aliphatic carbocycles. The molecule has 0 radical (unpaired) electrons. The van der Waals surface area contributed by atoms with Crippen LogP contribution >= 0.6 is 11.6 Å². The second-order valence-electron chi connectivity index (χ2n) is 8.06. The minimum absolute atomic E-state index is 0.199. The molecule has 1 atom stereocenters. The molecular formula is C26H18ClN5O. The van der Waals surface area contributed by atoms with E-state index in [1.54, 1.807) is 24.5 Å². The van der Waals surface area contributed by atoms with Crippen molar-refractivity contribution in [3.8, 4) is 22.5 Å². The number of H-pyrrole nitrogens is 1. The molecule has 0 spiro atoms. The molecule has 1 amide bonds. The van der Waals surface area contributed by atoms with Crippen molar-refractivity contribution < 1.29 is 4.79 Å². The van der Waals surface area contributed by atoms with Crippen molar-refractivity contribution in [3.05, 3.63) is 101 Å². The maximum atomic E-state index is 13.2. The lowest BCUT2D eigenvalue weighted by atomic mass is 9.98. The quantitative estimate of drug-likeness (QED) is 0.356. The molecule has 0 unspecified atom stereocenters. The number of hydrogen-bond donors (Lipinski definition) is 2. The molecule has 2 N–H and O–H groups in total. The number of nitrogens with zero attached hydrogens (tertiary/aromatic N) is 3. The van der Waals surface area contributed by atoms with Gasteiger partial charge in [0.15, 0.2) is 0 Å². The Balaban J connectivity index is 1.47. The van der Waals surface area contributed by atoms with Crippen LogP contribution in [0.2, 0.25) is 5.15 Å². The van der Waals surface area contributed by atoms with E-state index in [1.807, 2.05) is 31.2 Å². The molecule has 3 aromatic heterocycles. The summed E-state index contributed by atoms with van der Waals surface area (Å²) in [4.78, 5) is 29.7. The van der Waals surface area contributed by atoms with Crippen LogP contribution in [0.4, 0.5) is 0 Å². The Labute approximate surface area is 194 Å². The van der Waals surface area contributed by atoms with Crippen LogP contribution in [0.25, 0.3) is 33.5 Å². The topological polar surface area (TPSA) is 83.6 Å². The fraction of sp³-hybridized carbons (Fsp3) is 0.0769. The van der Waals surface area contributed by atoms with Gasteiger partial charge in [-0.1, -0.05) is 54.1 Å². The third kappa shape index (κ3) is 3.27. The number of hydrogen-bond acceptors (Lipinski definition) is 4. The monoisotopic (exact) mass is 451 g/mol. The average Bonchev–Trinajstić information content (AvgIpc) is 3.38. The van der Waals surface area contributed by atoms with Gasteiger partial charge in [-0.05, 0) is 47.4 Å². The number of carbonyl (C=O) groups is 1. The average molecular weight is 452 g/mol. The van der Waals surface area contributed by atoms with Crippen LogP contribution < -0.4 is 5.32 Å². The number of pyridine rings is 2. The first kappa shape index (κ1) is 19.6. The minimum Gasteiger partial charge on any atom is -0.341 e. The van der Waals surface area contributed by atoms with Crippen LogP contribution in [0.3, 0.4) is 0 Å². The smallest absolute Gasteiger partial charge is 0.252 e. The molecule has 0 bridgehead atoms. The van der Waals surface area contributed by atoms with E-state index in [9.17, 15) is 4.79 Å². The third-order valence-electron chi connectivity index (χ3n) is 5.95. The van der Waals surface area contributed by atoms with Crippen LogP contribution in [0.5, 0.6) is 0 Å². The van der Waals surface area contributed by atoms with Crippen molar-refractivity contribution in [2.24, 2.45) is 0 Å². The summed E-state index contributed by atoms with van der Waals surface area (Å²) in [5, 5.41) is 3.50. The van der Waals surface area contributed by atoms with Gasteiger partial charge in [-0.15, -0.1) is 0 Å². The maximum absolute atomic E-state index is 13.2. The molecule has 160 valence electrons. The van der Waals surface area contributed by atoms with E-state index in [1.165, 1.54) is 0 Å². The largest absolute Gasteiger partial charge is 0.341 e. The Morgan fingerprint density at radius 3 is 2.67 bits per heavy atom. The second kappa shape index (κ2) is 7.53. The summed E-state index contributed by atoms with van der Waals surface area (Å²) in [7, 11) is 0. The third-order valence-corrected chi connectivity index (χ3v) is 6.14. The Bertz CT molecular complexity index is 1500. The minimum atomic E-state index is -0.290. The van der Waals surface area contributed by atoms with E-state index in [4.69, 9.17) is 16.6 Å². The van der Waals surface area contributed by atoms with Crippen LogP contribution in [0, 0.1) is 6.92 Å². The molecule has 0 saturated carbocycles. The Kier molecular flexibility index (Phi) is 4.48. The van der Waals surface area contributed by atoms with Gasteiger partial charge in [0, 0.05) is 23.0 Å². The van der Waals surface area contributed by atoms with Crippen molar-refractivity contribution in [1.29, 1.82) is 0 Å². The van der Waals surface area contributed by atoms with E-state index < -0.39 is 0 Å². The highest BCUT2D eigenvalue weighted by molar-refractivity contribution is 6.29. The highest BCUT2D eigenvalue weighted by Crippen LogP contribution is 2.47. The van der Waals surface area contributed by atoms with Crippen molar-refractivity contribution in [2.45, 2.75) is 13.0 Å². The summed E-state index contributed by atoms with van der Waals surface area (Å²) in [5.74, 6) is 0.573. The lowest BCUT2D eigenvalue weighted by Gasteiger charge is -2.16. The van der Waals surface area contributed by atoms with Crippen molar-refractivity contribution >= 4 is 28.5 Å². The second-order valence-corrected chi connectivity index (χ2v) is 8.45. The zero-order valence-corrected chi connectivity index (χ0v) is 18.4. The van der Waals surface area contributed by atoms with Crippen molar-refractivity contribution in [1.82, 2.24) is 25.3 Å². The molecule has 1 aliphatic rings. The lowest BCUT2D eigenvalue weighted by molar-refractivity contribution is 0.0943. The standard InChI is InChI=1S/C26H18ClN5O/c1-14-11-15(12-22(27)29-14)26(33)32-24-17-6-3-2-5-16(17)23-18(24)7-4-8-19(23)25-30-20-9-10-28-13-21(20)31-25/h2-13,24H,1H3,(H,30,31)(H,32,33)/t24-/m1/s1. The number of aromatic nitrogens is 4. The first-order valence-electron chi connectivity index (χ1n) is 10.6. The number of aryl methyl sites for hydroxylation is 1. The molecular weight excluding hydrogens is 434 g/mol. The Hall–Kier alpha value is -4.03. The van der Waals surface area contributed by atoms with Gasteiger partial charge in [0.05, 0.1) is 23.3 Å². The first-order chi connectivity index (χ1) is 16.1. The molecule has 7 heteroatoms. The molecule has 2 aromatic carbocycles. The summed E-state index contributed by atoms with van der Waals surface area (Å²) in [6.45, 7) is 1.82. The van der Waals surface area contributed by atoms with Crippen molar-refractivity contribution in [3.63, 3.8) is 0 Å². The van der Waals surface area contributed by atoms with Gasteiger partial charge in [0.25, 0.3) is 5.91 Å². The fourth-order valence-corrected chi connectivity index (χ4v) is 4.82. The predicted molar refractivity (Wildman–Crippen MR) is 128 cm³/mol. The van der Waals surface area contributed by atoms with Crippen LogP contribution in [-0.2, 0) is 0 Å². The van der Waals surface area contributed by atoms with Crippen LogP contribution in [0.15, 0.2) is 73.1 Å². The summed E-state index contributed by atoms with van der Waals surface area (Å²) in [6, 6.07) is 19.2. The van der Waals surface area contributed by atoms with Gasteiger partial charge in [-0.2, -0.15) is 0 Å². The SMILES string of the molecule is Cc1cc(C(=O)N[C@@H]2c3ccccc3-c3c(-c4nc5ccncc5[nH]4)cccc32)cc(Cl)n1. The Morgan fingerprint density at radius 2 is 1.82 bits per heavy atom. The van der Waals surface area contributed by atoms with E-state index in [0.717, 1.165) is 44.7 Å². The molecule has 6 nitrogen and oxygen atoms in total. The predicted octanol–water partition coefficient (Wildman–Crippen LogP) is 5.48. The lowest BCUT2D eigenvalue weighted by Crippen LogP contribution is -2.28. The molecule has 5 aromatic rings. The number of imidazole rings is 1. The van der Waals surface area contributed by atoms with Gasteiger partial charge in [0.2, 0.25) is 0 Å². The normalized spacial score (nSPS) is 14.2. The molecule has 33 heavy (non-hydrogen) atoms. The van der Waals surface area contributed by atoms with Gasteiger partial charge >= 0.3 is 0 Å². The van der Waals surface area contributed by atoms with Gasteiger partial charge in [-0.3, -0.25) is 9.78 Å². The summed E-state index contributed by atoms with van der Waals surface area (Å²) < 4.78 is 0. The number of halogens is 1. The van der Waals surface area contributed by atoms with Crippen molar-refractivity contribution in [2.75, 3.05) is 0 Å². The fourth-order valence-electron chi connectivity index (χ4n) is 4.57. The van der Waals surface area contributed by atoms with Gasteiger partial charge < -0.3 is 10.3 Å². The summed E-state index contributed by atoms with van der Waals surface area (Å²) in [5.41, 5.74) is 8.12.